The second-order valence-corrected chi connectivity index (χ2v) is 4.59. The van der Waals surface area contributed by atoms with Gasteiger partial charge in [-0.1, -0.05) is 18.2 Å². The van der Waals surface area contributed by atoms with Gasteiger partial charge in [0.25, 0.3) is 5.91 Å². The molecular formula is C17H18N2O2. The van der Waals surface area contributed by atoms with E-state index < -0.39 is 0 Å². The van der Waals surface area contributed by atoms with Gasteiger partial charge in [-0.2, -0.15) is 0 Å². The van der Waals surface area contributed by atoms with Crippen LogP contribution >= 0.6 is 0 Å². The number of nitrogens with one attached hydrogen (secondary N) is 1. The molecule has 4 nitrogen and oxygen atoms in total. The molecule has 0 bridgehead atoms. The van der Waals surface area contributed by atoms with Gasteiger partial charge in [-0.3, -0.25) is 4.79 Å². The highest BCUT2D eigenvalue weighted by Crippen LogP contribution is 2.16. The molecule has 0 aromatic heterocycles. The van der Waals surface area contributed by atoms with Crippen molar-refractivity contribution in [3.05, 3.63) is 71.9 Å². The SMILES string of the molecule is Cc1cccc(NC(=O)c2cccc(OC/C=C\N)c2)c1. The minimum absolute atomic E-state index is 0.166. The van der Waals surface area contributed by atoms with Crippen LogP contribution in [0.15, 0.2) is 60.8 Å². The van der Waals surface area contributed by atoms with Crippen molar-refractivity contribution in [2.45, 2.75) is 6.92 Å². The average molecular weight is 282 g/mol. The molecular weight excluding hydrogens is 264 g/mol. The lowest BCUT2D eigenvalue weighted by molar-refractivity contribution is 0.102. The Kier molecular flexibility index (Phi) is 4.99. The molecule has 1 amide bonds. The number of carbonyl (C=O) groups excluding carboxylic acids is 1. The molecule has 0 fully saturated rings. The van der Waals surface area contributed by atoms with Crippen molar-refractivity contribution < 1.29 is 9.53 Å². The third kappa shape index (κ3) is 4.38. The van der Waals surface area contributed by atoms with Gasteiger partial charge < -0.3 is 15.8 Å². The lowest BCUT2D eigenvalue weighted by Gasteiger charge is -2.08. The normalized spacial score (nSPS) is 10.5. The van der Waals surface area contributed by atoms with Gasteiger partial charge in [0.2, 0.25) is 0 Å². The number of hydrogen-bond donors (Lipinski definition) is 2. The second-order valence-electron chi connectivity index (χ2n) is 4.59. The first-order valence-electron chi connectivity index (χ1n) is 6.66. The maximum Gasteiger partial charge on any atom is 0.255 e. The Morgan fingerprint density at radius 3 is 2.81 bits per heavy atom. The molecule has 2 rings (SSSR count). The fourth-order valence-corrected chi connectivity index (χ4v) is 1.85. The number of ether oxygens (including phenoxy) is 1. The highest BCUT2D eigenvalue weighted by molar-refractivity contribution is 6.04. The molecule has 0 radical (unpaired) electrons. The Hall–Kier alpha value is -2.75. The lowest BCUT2D eigenvalue weighted by atomic mass is 10.2. The summed E-state index contributed by atoms with van der Waals surface area (Å²) in [6.45, 7) is 2.36. The topological polar surface area (TPSA) is 64.3 Å². The van der Waals surface area contributed by atoms with Crippen molar-refractivity contribution in [3.63, 3.8) is 0 Å². The van der Waals surface area contributed by atoms with Crippen molar-refractivity contribution in [2.75, 3.05) is 11.9 Å². The lowest BCUT2D eigenvalue weighted by Crippen LogP contribution is -2.12. The summed E-state index contributed by atoms with van der Waals surface area (Å²) in [5.41, 5.74) is 7.66. The van der Waals surface area contributed by atoms with Gasteiger partial charge >= 0.3 is 0 Å². The van der Waals surface area contributed by atoms with E-state index in [2.05, 4.69) is 5.32 Å². The Labute approximate surface area is 124 Å². The zero-order valence-electron chi connectivity index (χ0n) is 11.9. The van der Waals surface area contributed by atoms with E-state index in [9.17, 15) is 4.79 Å². The highest BCUT2D eigenvalue weighted by atomic mass is 16.5. The summed E-state index contributed by atoms with van der Waals surface area (Å²) in [5.74, 6) is 0.463. The number of amides is 1. The van der Waals surface area contributed by atoms with Gasteiger partial charge in [-0.05, 0) is 55.1 Å². The van der Waals surface area contributed by atoms with Gasteiger partial charge in [-0.15, -0.1) is 0 Å². The smallest absolute Gasteiger partial charge is 0.255 e. The molecule has 0 aliphatic carbocycles. The van der Waals surface area contributed by atoms with Crippen LogP contribution in [0.2, 0.25) is 0 Å². The van der Waals surface area contributed by atoms with E-state index in [1.807, 2.05) is 31.2 Å². The quantitative estimate of drug-likeness (QED) is 0.885. The van der Waals surface area contributed by atoms with Crippen molar-refractivity contribution in [1.29, 1.82) is 0 Å². The first kappa shape index (κ1) is 14.7. The van der Waals surface area contributed by atoms with Crippen molar-refractivity contribution in [2.24, 2.45) is 5.73 Å². The van der Waals surface area contributed by atoms with E-state index in [0.29, 0.717) is 17.9 Å². The minimum Gasteiger partial charge on any atom is -0.489 e. The Balaban J connectivity index is 2.06. The molecule has 2 aromatic rings. The molecule has 108 valence electrons. The van der Waals surface area contributed by atoms with E-state index in [0.717, 1.165) is 11.3 Å². The zero-order chi connectivity index (χ0) is 15.1. The number of carbonyl (C=O) groups is 1. The van der Waals surface area contributed by atoms with Crippen molar-refractivity contribution in [1.82, 2.24) is 0 Å². The standard InChI is InChI=1S/C17H18N2O2/c1-13-5-2-7-15(11-13)19-17(20)14-6-3-8-16(12-14)21-10-4-9-18/h2-9,11-12H,10,18H2,1H3,(H,19,20)/b9-4-. The first-order chi connectivity index (χ1) is 10.2. The summed E-state index contributed by atoms with van der Waals surface area (Å²) < 4.78 is 5.46. The summed E-state index contributed by atoms with van der Waals surface area (Å²) in [5, 5.41) is 2.87. The summed E-state index contributed by atoms with van der Waals surface area (Å²) in [6, 6.07) is 14.7. The van der Waals surface area contributed by atoms with Crippen LogP contribution in [0.5, 0.6) is 5.75 Å². The Bertz CT molecular complexity index is 651. The average Bonchev–Trinajstić information content (AvgIpc) is 2.48. The van der Waals surface area contributed by atoms with Crippen LogP contribution in [-0.4, -0.2) is 12.5 Å². The first-order valence-corrected chi connectivity index (χ1v) is 6.66. The fourth-order valence-electron chi connectivity index (χ4n) is 1.85. The predicted molar refractivity (Wildman–Crippen MR) is 84.4 cm³/mol. The van der Waals surface area contributed by atoms with E-state index in [1.54, 1.807) is 30.3 Å². The van der Waals surface area contributed by atoms with Gasteiger partial charge in [0.15, 0.2) is 0 Å². The van der Waals surface area contributed by atoms with Crippen LogP contribution in [0, 0.1) is 6.92 Å². The summed E-state index contributed by atoms with van der Waals surface area (Å²) in [4.78, 5) is 12.2. The molecule has 0 aliphatic heterocycles. The molecule has 21 heavy (non-hydrogen) atoms. The van der Waals surface area contributed by atoms with E-state index in [-0.39, 0.29) is 5.91 Å². The van der Waals surface area contributed by atoms with E-state index in [1.165, 1.54) is 6.20 Å². The largest absolute Gasteiger partial charge is 0.489 e. The van der Waals surface area contributed by atoms with Crippen LogP contribution in [0.4, 0.5) is 5.69 Å². The Morgan fingerprint density at radius 2 is 2.05 bits per heavy atom. The molecule has 2 aromatic carbocycles. The molecule has 4 heteroatoms. The van der Waals surface area contributed by atoms with Crippen LogP contribution in [0.1, 0.15) is 15.9 Å². The fraction of sp³-hybridized carbons (Fsp3) is 0.118. The van der Waals surface area contributed by atoms with Gasteiger partial charge in [0.1, 0.15) is 12.4 Å². The van der Waals surface area contributed by atoms with Gasteiger partial charge in [0, 0.05) is 11.3 Å². The number of benzene rings is 2. The number of rotatable bonds is 5. The third-order valence-corrected chi connectivity index (χ3v) is 2.85. The number of aryl methyl sites for hydroxylation is 1. The monoisotopic (exact) mass is 282 g/mol. The van der Waals surface area contributed by atoms with E-state index >= 15 is 0 Å². The number of hydrogen-bond acceptors (Lipinski definition) is 3. The van der Waals surface area contributed by atoms with Gasteiger partial charge in [0.05, 0.1) is 0 Å². The molecule has 3 N–H and O–H groups in total. The molecule has 0 unspecified atom stereocenters. The molecule has 0 saturated carbocycles. The van der Waals surface area contributed by atoms with Gasteiger partial charge in [-0.25, -0.2) is 0 Å². The van der Waals surface area contributed by atoms with Crippen LogP contribution < -0.4 is 15.8 Å². The Morgan fingerprint density at radius 1 is 1.24 bits per heavy atom. The maximum absolute atomic E-state index is 12.2. The molecule has 0 saturated heterocycles. The summed E-state index contributed by atoms with van der Waals surface area (Å²) >= 11 is 0. The van der Waals surface area contributed by atoms with E-state index in [4.69, 9.17) is 10.5 Å². The number of anilines is 1. The van der Waals surface area contributed by atoms with Crippen LogP contribution in [0.25, 0.3) is 0 Å². The molecule has 0 spiro atoms. The molecule has 0 atom stereocenters. The summed E-state index contributed by atoms with van der Waals surface area (Å²) in [6.07, 6.45) is 3.12. The van der Waals surface area contributed by atoms with Crippen LogP contribution in [0.3, 0.4) is 0 Å². The molecule has 0 aliphatic rings. The van der Waals surface area contributed by atoms with Crippen LogP contribution in [-0.2, 0) is 0 Å². The highest BCUT2D eigenvalue weighted by Gasteiger charge is 2.07. The zero-order valence-corrected chi connectivity index (χ0v) is 11.9. The summed E-state index contributed by atoms with van der Waals surface area (Å²) in [7, 11) is 0. The second kappa shape index (κ2) is 7.14. The number of nitrogens with two attached hydrogens (primary N) is 1. The predicted octanol–water partition coefficient (Wildman–Crippen LogP) is 3.10. The third-order valence-electron chi connectivity index (χ3n) is 2.85. The van der Waals surface area contributed by atoms with Crippen molar-refractivity contribution in [3.8, 4) is 5.75 Å². The minimum atomic E-state index is -0.166. The molecule has 0 heterocycles. The van der Waals surface area contributed by atoms with Crippen molar-refractivity contribution >= 4 is 11.6 Å². The maximum atomic E-state index is 12.2.